The van der Waals surface area contributed by atoms with Crippen LogP contribution in [0, 0.1) is 6.92 Å². The summed E-state index contributed by atoms with van der Waals surface area (Å²) in [5.74, 6) is 0.860. The molecule has 0 saturated carbocycles. The van der Waals surface area contributed by atoms with Gasteiger partial charge in [-0.1, -0.05) is 17.7 Å². The maximum atomic E-state index is 5.92. The number of halogens is 1. The minimum atomic E-state index is 0.649. The van der Waals surface area contributed by atoms with Crippen molar-refractivity contribution >= 4 is 11.6 Å². The summed E-state index contributed by atoms with van der Waals surface area (Å²) in [5, 5.41) is 4.02. The van der Waals surface area contributed by atoms with Crippen LogP contribution in [0.3, 0.4) is 0 Å². The van der Waals surface area contributed by atoms with Crippen LogP contribution in [0.1, 0.15) is 18.9 Å². The van der Waals surface area contributed by atoms with Gasteiger partial charge in [-0.25, -0.2) is 0 Å². The Balaban J connectivity index is 2.09. The van der Waals surface area contributed by atoms with E-state index in [0.29, 0.717) is 11.6 Å². The molecular formula is C14H22ClNO2. The Morgan fingerprint density at radius 3 is 2.83 bits per heavy atom. The number of rotatable bonds is 9. The highest BCUT2D eigenvalue weighted by Gasteiger charge is 2.00. The molecule has 1 rings (SSSR count). The van der Waals surface area contributed by atoms with Crippen LogP contribution in [0.25, 0.3) is 0 Å². The molecule has 0 radical (unpaired) electrons. The van der Waals surface area contributed by atoms with Crippen molar-refractivity contribution in [3.05, 3.63) is 28.8 Å². The van der Waals surface area contributed by atoms with E-state index in [0.717, 1.165) is 44.0 Å². The molecule has 102 valence electrons. The lowest BCUT2D eigenvalue weighted by molar-refractivity contribution is 0.144. The van der Waals surface area contributed by atoms with Gasteiger partial charge in [0.2, 0.25) is 0 Å². The van der Waals surface area contributed by atoms with Gasteiger partial charge >= 0.3 is 0 Å². The molecule has 0 heterocycles. The first-order valence-electron chi connectivity index (χ1n) is 6.41. The Kier molecular flexibility index (Phi) is 7.81. The van der Waals surface area contributed by atoms with Crippen molar-refractivity contribution in [2.75, 3.05) is 32.9 Å². The molecule has 0 atom stereocenters. The van der Waals surface area contributed by atoms with Crippen molar-refractivity contribution < 1.29 is 9.47 Å². The predicted molar refractivity (Wildman–Crippen MR) is 75.7 cm³/mol. The molecule has 1 aromatic carbocycles. The molecule has 0 aliphatic carbocycles. The van der Waals surface area contributed by atoms with Crippen LogP contribution >= 0.6 is 11.6 Å². The Morgan fingerprint density at radius 2 is 2.06 bits per heavy atom. The zero-order valence-corrected chi connectivity index (χ0v) is 11.9. The fraction of sp³-hybridized carbons (Fsp3) is 0.571. The molecule has 0 aliphatic heterocycles. The van der Waals surface area contributed by atoms with Crippen LogP contribution in [0.5, 0.6) is 5.75 Å². The molecule has 4 heteroatoms. The van der Waals surface area contributed by atoms with Crippen LogP contribution < -0.4 is 10.1 Å². The highest BCUT2D eigenvalue weighted by Crippen LogP contribution is 2.22. The topological polar surface area (TPSA) is 30.5 Å². The van der Waals surface area contributed by atoms with Gasteiger partial charge in [-0.3, -0.25) is 0 Å². The van der Waals surface area contributed by atoms with Crippen LogP contribution in [-0.4, -0.2) is 32.9 Å². The lowest BCUT2D eigenvalue weighted by Crippen LogP contribution is -2.23. The Hall–Kier alpha value is -0.770. The summed E-state index contributed by atoms with van der Waals surface area (Å²) >= 11 is 5.92. The Bertz CT molecular complexity index is 345. The summed E-state index contributed by atoms with van der Waals surface area (Å²) in [5.41, 5.74) is 1.11. The van der Waals surface area contributed by atoms with E-state index >= 15 is 0 Å². The molecule has 0 fully saturated rings. The van der Waals surface area contributed by atoms with Crippen molar-refractivity contribution in [2.45, 2.75) is 20.3 Å². The lowest BCUT2D eigenvalue weighted by atomic mass is 10.2. The summed E-state index contributed by atoms with van der Waals surface area (Å²) in [6.07, 6.45) is 1.03. The number of nitrogens with one attached hydrogen (secondary N) is 1. The second-order valence-corrected chi connectivity index (χ2v) is 4.50. The van der Waals surface area contributed by atoms with Crippen molar-refractivity contribution in [3.8, 4) is 5.75 Å². The van der Waals surface area contributed by atoms with Crippen LogP contribution in [0.15, 0.2) is 18.2 Å². The lowest BCUT2D eigenvalue weighted by Gasteiger charge is -2.10. The molecule has 1 aromatic rings. The van der Waals surface area contributed by atoms with Gasteiger partial charge in [-0.05, 0) is 44.5 Å². The molecule has 0 bridgehead atoms. The molecule has 0 unspecified atom stereocenters. The summed E-state index contributed by atoms with van der Waals surface area (Å²) in [7, 11) is 0. The van der Waals surface area contributed by atoms with Crippen molar-refractivity contribution in [1.29, 1.82) is 0 Å². The van der Waals surface area contributed by atoms with E-state index in [1.165, 1.54) is 0 Å². The van der Waals surface area contributed by atoms with Gasteiger partial charge in [-0.2, -0.15) is 0 Å². The van der Waals surface area contributed by atoms with Gasteiger partial charge in [-0.15, -0.1) is 0 Å². The van der Waals surface area contributed by atoms with E-state index in [1.54, 1.807) is 0 Å². The van der Waals surface area contributed by atoms with Gasteiger partial charge in [0, 0.05) is 24.8 Å². The molecule has 0 saturated heterocycles. The molecule has 18 heavy (non-hydrogen) atoms. The highest BCUT2D eigenvalue weighted by atomic mass is 35.5. The highest BCUT2D eigenvalue weighted by molar-refractivity contribution is 6.30. The van der Waals surface area contributed by atoms with Gasteiger partial charge in [0.25, 0.3) is 0 Å². The number of ether oxygens (including phenoxy) is 2. The van der Waals surface area contributed by atoms with E-state index in [2.05, 4.69) is 5.32 Å². The monoisotopic (exact) mass is 271 g/mol. The van der Waals surface area contributed by atoms with Crippen molar-refractivity contribution in [2.24, 2.45) is 0 Å². The SMILES string of the molecule is CCOCCCNCCOc1cc(Cl)ccc1C. The maximum Gasteiger partial charge on any atom is 0.123 e. The quantitative estimate of drug-likeness (QED) is 0.701. The number of hydrogen-bond donors (Lipinski definition) is 1. The smallest absolute Gasteiger partial charge is 0.123 e. The minimum Gasteiger partial charge on any atom is -0.492 e. The largest absolute Gasteiger partial charge is 0.492 e. The summed E-state index contributed by atoms with van der Waals surface area (Å²) in [4.78, 5) is 0. The molecule has 0 spiro atoms. The Morgan fingerprint density at radius 1 is 1.22 bits per heavy atom. The number of hydrogen-bond acceptors (Lipinski definition) is 3. The average Bonchev–Trinajstić information content (AvgIpc) is 2.36. The zero-order chi connectivity index (χ0) is 13.2. The first-order chi connectivity index (χ1) is 8.74. The summed E-state index contributed by atoms with van der Waals surface area (Å²) < 4.78 is 10.9. The molecule has 1 N–H and O–H groups in total. The average molecular weight is 272 g/mol. The number of aryl methyl sites for hydroxylation is 1. The van der Waals surface area contributed by atoms with E-state index in [-0.39, 0.29) is 0 Å². The molecule has 0 amide bonds. The molecule has 0 aromatic heterocycles. The van der Waals surface area contributed by atoms with E-state index < -0.39 is 0 Å². The van der Waals surface area contributed by atoms with E-state index in [9.17, 15) is 0 Å². The number of benzene rings is 1. The van der Waals surface area contributed by atoms with Crippen LogP contribution in [0.2, 0.25) is 5.02 Å². The first-order valence-corrected chi connectivity index (χ1v) is 6.79. The van der Waals surface area contributed by atoms with Gasteiger partial charge in [0.15, 0.2) is 0 Å². The van der Waals surface area contributed by atoms with Crippen molar-refractivity contribution in [3.63, 3.8) is 0 Å². The van der Waals surface area contributed by atoms with E-state index in [4.69, 9.17) is 21.1 Å². The van der Waals surface area contributed by atoms with Gasteiger partial charge < -0.3 is 14.8 Å². The molecule has 3 nitrogen and oxygen atoms in total. The second kappa shape index (κ2) is 9.20. The van der Waals surface area contributed by atoms with Gasteiger partial charge in [0.1, 0.15) is 12.4 Å². The van der Waals surface area contributed by atoms with Crippen LogP contribution in [-0.2, 0) is 4.74 Å². The van der Waals surface area contributed by atoms with Crippen molar-refractivity contribution in [1.82, 2.24) is 5.32 Å². The molecule has 0 aliphatic rings. The predicted octanol–water partition coefficient (Wildman–Crippen LogP) is 3.04. The standard InChI is InChI=1S/C14H22ClNO2/c1-3-17-9-4-7-16-8-10-18-14-11-13(15)6-5-12(14)2/h5-6,11,16H,3-4,7-10H2,1-2H3. The van der Waals surface area contributed by atoms with E-state index in [1.807, 2.05) is 32.0 Å². The zero-order valence-electron chi connectivity index (χ0n) is 11.2. The molecular weight excluding hydrogens is 250 g/mol. The second-order valence-electron chi connectivity index (χ2n) is 4.06. The van der Waals surface area contributed by atoms with Gasteiger partial charge in [0.05, 0.1) is 0 Å². The summed E-state index contributed by atoms with van der Waals surface area (Å²) in [6, 6.07) is 5.69. The Labute approximate surface area is 114 Å². The fourth-order valence-corrected chi connectivity index (χ4v) is 1.69. The minimum absolute atomic E-state index is 0.649. The fourth-order valence-electron chi connectivity index (χ4n) is 1.53. The first kappa shape index (κ1) is 15.3. The third kappa shape index (κ3) is 6.24. The normalized spacial score (nSPS) is 10.6. The van der Waals surface area contributed by atoms with Crippen LogP contribution in [0.4, 0.5) is 0 Å². The summed E-state index contributed by atoms with van der Waals surface area (Å²) in [6.45, 7) is 8.07. The maximum absolute atomic E-state index is 5.92. The third-order valence-corrected chi connectivity index (χ3v) is 2.77. The third-order valence-electron chi connectivity index (χ3n) is 2.53.